The van der Waals surface area contributed by atoms with Crippen LogP contribution in [-0.2, 0) is 25.1 Å². The van der Waals surface area contributed by atoms with E-state index < -0.39 is 20.5 Å². The zero-order valence-electron chi connectivity index (χ0n) is 18.5. The molecule has 3 aromatic rings. The molecule has 178 valence electrons. The summed E-state index contributed by atoms with van der Waals surface area (Å²) < 4.78 is 39.8. The summed E-state index contributed by atoms with van der Waals surface area (Å²) >= 11 is 1.03. The Morgan fingerprint density at radius 3 is 2.29 bits per heavy atom. The Labute approximate surface area is 202 Å². The fourth-order valence-electron chi connectivity index (χ4n) is 3.87. The Morgan fingerprint density at radius 2 is 1.68 bits per heavy atom. The normalized spacial score (nSPS) is 15.6. The van der Waals surface area contributed by atoms with Crippen LogP contribution < -0.4 is 3.71 Å². The third-order valence-corrected chi connectivity index (χ3v) is 8.94. The molecule has 1 saturated heterocycles. The number of hydrogen-bond acceptors (Lipinski definition) is 7. The summed E-state index contributed by atoms with van der Waals surface area (Å²) in [5, 5.41) is 11.1. The van der Waals surface area contributed by atoms with Crippen LogP contribution in [0.4, 0.5) is 11.4 Å². The lowest BCUT2D eigenvalue weighted by Crippen LogP contribution is -2.35. The number of sulfonamides is 1. The molecule has 0 atom stereocenters. The number of nitro groups is 1. The Hall–Kier alpha value is -2.92. The molecule has 34 heavy (non-hydrogen) atoms. The highest BCUT2D eigenvalue weighted by Crippen LogP contribution is 2.40. The van der Waals surface area contributed by atoms with Gasteiger partial charge in [0.25, 0.3) is 15.7 Å². The second-order valence-electron chi connectivity index (χ2n) is 7.75. The van der Waals surface area contributed by atoms with E-state index in [0.717, 1.165) is 17.5 Å². The molecule has 8 nitrogen and oxygen atoms in total. The minimum atomic E-state index is -3.97. The second-order valence-corrected chi connectivity index (χ2v) is 10.8. The number of methoxy groups -OCH3 is 1. The van der Waals surface area contributed by atoms with Gasteiger partial charge in [0, 0.05) is 62.1 Å². The van der Waals surface area contributed by atoms with Crippen LogP contribution in [0.1, 0.15) is 18.4 Å². The van der Waals surface area contributed by atoms with E-state index in [1.807, 2.05) is 24.3 Å². The van der Waals surface area contributed by atoms with Crippen LogP contribution in [0.3, 0.4) is 0 Å². The second kappa shape index (κ2) is 10.1. The lowest BCUT2D eigenvalue weighted by atomic mass is 9.86. The van der Waals surface area contributed by atoms with Crippen molar-refractivity contribution in [3.63, 3.8) is 0 Å². The first kappa shape index (κ1) is 24.2. The molecular weight excluding hydrogens is 476 g/mol. The number of anilines is 1. The summed E-state index contributed by atoms with van der Waals surface area (Å²) in [6.45, 7) is 1.17. The smallest absolute Gasteiger partial charge is 0.274 e. The van der Waals surface area contributed by atoms with Crippen LogP contribution in [0.5, 0.6) is 0 Å². The predicted octanol–water partition coefficient (Wildman–Crippen LogP) is 5.15. The van der Waals surface area contributed by atoms with Gasteiger partial charge in [0.15, 0.2) is 0 Å². The molecule has 0 bridgehead atoms. The maximum atomic E-state index is 13.6. The molecule has 1 fully saturated rings. The summed E-state index contributed by atoms with van der Waals surface area (Å²) in [7, 11) is -2.29. The number of nitrogens with zero attached hydrogens (tertiary/aromatic N) is 2. The number of hydrogen-bond donors (Lipinski definition) is 0. The molecule has 10 heteroatoms. The molecule has 0 radical (unpaired) electrons. The average Bonchev–Trinajstić information content (AvgIpc) is 2.88. The van der Waals surface area contributed by atoms with Crippen LogP contribution in [0.15, 0.2) is 88.7 Å². The van der Waals surface area contributed by atoms with E-state index in [4.69, 9.17) is 9.47 Å². The first-order valence-corrected chi connectivity index (χ1v) is 12.8. The Balaban J connectivity index is 1.74. The van der Waals surface area contributed by atoms with Crippen LogP contribution in [0, 0.1) is 10.1 Å². The van der Waals surface area contributed by atoms with Crippen molar-refractivity contribution in [3.8, 4) is 0 Å². The zero-order valence-corrected chi connectivity index (χ0v) is 20.1. The summed E-state index contributed by atoms with van der Waals surface area (Å²) in [6, 6.07) is 21.1. The summed E-state index contributed by atoms with van der Waals surface area (Å²) in [5.74, 6) is 0. The van der Waals surface area contributed by atoms with E-state index in [2.05, 4.69) is 0 Å². The van der Waals surface area contributed by atoms with Gasteiger partial charge in [-0.15, -0.1) is 0 Å². The lowest BCUT2D eigenvalue weighted by molar-refractivity contribution is -0.384. The van der Waals surface area contributed by atoms with Gasteiger partial charge in [0.1, 0.15) is 0 Å². The highest BCUT2D eigenvalue weighted by atomic mass is 32.3. The van der Waals surface area contributed by atoms with Crippen molar-refractivity contribution in [1.82, 2.24) is 0 Å². The molecule has 1 aliphatic rings. The van der Waals surface area contributed by atoms with Gasteiger partial charge >= 0.3 is 0 Å². The van der Waals surface area contributed by atoms with Gasteiger partial charge in [-0.3, -0.25) is 10.1 Å². The van der Waals surface area contributed by atoms with E-state index in [9.17, 15) is 18.5 Å². The molecule has 0 amide bonds. The van der Waals surface area contributed by atoms with Gasteiger partial charge in [-0.1, -0.05) is 30.3 Å². The molecule has 0 N–H and O–H groups in total. The monoisotopic (exact) mass is 500 g/mol. The van der Waals surface area contributed by atoms with E-state index in [1.54, 1.807) is 25.3 Å². The van der Waals surface area contributed by atoms with Gasteiger partial charge in [0.2, 0.25) is 0 Å². The molecular formula is C24H24N2O6S2. The van der Waals surface area contributed by atoms with E-state index in [0.29, 0.717) is 36.6 Å². The van der Waals surface area contributed by atoms with Crippen LogP contribution >= 0.6 is 11.9 Å². The van der Waals surface area contributed by atoms with E-state index >= 15 is 0 Å². The minimum absolute atomic E-state index is 0.116. The Bertz CT molecular complexity index is 1240. The highest BCUT2D eigenvalue weighted by Gasteiger charge is 2.35. The fraction of sp³-hybridized carbons (Fsp3) is 0.250. The van der Waals surface area contributed by atoms with Crippen molar-refractivity contribution in [2.45, 2.75) is 28.2 Å². The van der Waals surface area contributed by atoms with Crippen molar-refractivity contribution in [2.24, 2.45) is 0 Å². The first-order valence-electron chi connectivity index (χ1n) is 10.6. The van der Waals surface area contributed by atoms with Crippen LogP contribution in [-0.4, -0.2) is 33.7 Å². The maximum absolute atomic E-state index is 13.6. The van der Waals surface area contributed by atoms with E-state index in [-0.39, 0.29) is 10.6 Å². The molecule has 4 rings (SSSR count). The maximum Gasteiger partial charge on any atom is 0.274 e. The summed E-state index contributed by atoms with van der Waals surface area (Å²) in [5.41, 5.74) is 0.640. The van der Waals surface area contributed by atoms with Crippen molar-refractivity contribution < 1.29 is 22.8 Å². The third-order valence-electron chi connectivity index (χ3n) is 5.77. The number of nitro benzene ring substituents is 1. The SMILES string of the molecule is COC1(c2cccc(SN(c3ccc([N+](=O)[O-])cc3)S(=O)(=O)c3ccccc3)c2)CCOCC1. The number of non-ortho nitro benzene ring substituents is 1. The lowest BCUT2D eigenvalue weighted by Gasteiger charge is -2.36. The van der Waals surface area contributed by atoms with Crippen molar-refractivity contribution in [2.75, 3.05) is 24.0 Å². The van der Waals surface area contributed by atoms with Crippen LogP contribution in [0.2, 0.25) is 0 Å². The average molecular weight is 501 g/mol. The zero-order chi connectivity index (χ0) is 24.2. The minimum Gasteiger partial charge on any atom is -0.381 e. The van der Waals surface area contributed by atoms with Gasteiger partial charge in [-0.05, 0) is 42.0 Å². The molecule has 0 saturated carbocycles. The topological polar surface area (TPSA) is 99.0 Å². The molecule has 0 unspecified atom stereocenters. The third kappa shape index (κ3) is 4.95. The van der Waals surface area contributed by atoms with Gasteiger partial charge in [-0.2, -0.15) is 0 Å². The molecule has 0 spiro atoms. The van der Waals surface area contributed by atoms with Gasteiger partial charge < -0.3 is 9.47 Å². The number of rotatable bonds is 8. The molecule has 1 aliphatic heterocycles. The molecule has 3 aromatic carbocycles. The fourth-order valence-corrected chi connectivity index (χ4v) is 6.61. The number of benzene rings is 3. The molecule has 0 aromatic heterocycles. The van der Waals surface area contributed by atoms with Crippen LogP contribution in [0.25, 0.3) is 0 Å². The molecule has 0 aliphatic carbocycles. The Morgan fingerprint density at radius 1 is 1.00 bits per heavy atom. The standard InChI is InChI=1S/C24H24N2O6S2/c1-31-24(14-16-32-17-15-24)19-6-5-7-22(18-19)33-26(21-12-10-20(11-13-21)25(27)28)34(29,30)23-8-3-2-4-9-23/h2-13,18H,14-17H2,1H3. The van der Waals surface area contributed by atoms with Crippen molar-refractivity contribution in [3.05, 3.63) is 94.5 Å². The summed E-state index contributed by atoms with van der Waals surface area (Å²) in [4.78, 5) is 11.4. The Kier molecular flexibility index (Phi) is 7.22. The number of ether oxygens (including phenoxy) is 2. The van der Waals surface area contributed by atoms with Gasteiger partial charge in [0.05, 0.1) is 21.1 Å². The van der Waals surface area contributed by atoms with E-state index in [1.165, 1.54) is 40.1 Å². The molecule has 1 heterocycles. The largest absolute Gasteiger partial charge is 0.381 e. The predicted molar refractivity (Wildman–Crippen MR) is 130 cm³/mol. The van der Waals surface area contributed by atoms with Gasteiger partial charge in [-0.25, -0.2) is 12.1 Å². The quantitative estimate of drug-likeness (QED) is 0.240. The summed E-state index contributed by atoms with van der Waals surface area (Å²) in [6.07, 6.45) is 1.40. The highest BCUT2D eigenvalue weighted by molar-refractivity contribution is 8.14. The van der Waals surface area contributed by atoms with Crippen molar-refractivity contribution in [1.29, 1.82) is 0 Å². The van der Waals surface area contributed by atoms with Crippen molar-refractivity contribution >= 4 is 33.3 Å². The first-order chi connectivity index (χ1) is 16.4.